The Labute approximate surface area is 84.3 Å². The number of nitrogens with one attached hydrogen (secondary N) is 1. The molecule has 3 heterocycles. The maximum absolute atomic E-state index is 11.6. The highest BCUT2D eigenvalue weighted by atomic mass is 16.1. The number of hydrogen-bond acceptors (Lipinski definition) is 5. The van der Waals surface area contributed by atoms with Crippen LogP contribution in [0.4, 0.5) is 5.95 Å². The Morgan fingerprint density at radius 1 is 1.47 bits per heavy atom. The van der Waals surface area contributed by atoms with Crippen molar-refractivity contribution in [1.29, 1.82) is 0 Å². The first-order valence-corrected chi connectivity index (χ1v) is 4.49. The fourth-order valence-corrected chi connectivity index (χ4v) is 1.58. The molecule has 0 unspecified atom stereocenters. The van der Waals surface area contributed by atoms with E-state index in [-0.39, 0.29) is 5.56 Å². The van der Waals surface area contributed by atoms with Crippen LogP contribution >= 0.6 is 0 Å². The van der Waals surface area contributed by atoms with E-state index in [9.17, 15) is 4.79 Å². The van der Waals surface area contributed by atoms with Gasteiger partial charge in [-0.2, -0.15) is 10.1 Å². The van der Waals surface area contributed by atoms with Crippen molar-refractivity contribution in [2.24, 2.45) is 5.10 Å². The molecular weight excluding hydrogens is 194 g/mol. The van der Waals surface area contributed by atoms with Crippen molar-refractivity contribution in [3.8, 4) is 0 Å². The van der Waals surface area contributed by atoms with Crippen LogP contribution in [-0.2, 0) is 6.54 Å². The Kier molecular flexibility index (Phi) is 1.55. The molecule has 6 nitrogen and oxygen atoms in total. The lowest BCUT2D eigenvalue weighted by Gasteiger charge is -2.14. The Morgan fingerprint density at radius 2 is 2.40 bits per heavy atom. The number of rotatable bonds is 0. The molecule has 0 saturated carbocycles. The van der Waals surface area contributed by atoms with Crippen LogP contribution in [0.2, 0.25) is 0 Å². The van der Waals surface area contributed by atoms with Crippen molar-refractivity contribution < 1.29 is 0 Å². The molecule has 1 N–H and O–H groups in total. The zero-order valence-corrected chi connectivity index (χ0v) is 7.71. The molecule has 1 aliphatic heterocycles. The highest BCUT2D eigenvalue weighted by Crippen LogP contribution is 2.12. The molecule has 3 rings (SSSR count). The van der Waals surface area contributed by atoms with Gasteiger partial charge in [0.25, 0.3) is 5.56 Å². The summed E-state index contributed by atoms with van der Waals surface area (Å²) in [6.45, 7) is 0.573. The number of aromatic nitrogens is 3. The highest BCUT2D eigenvalue weighted by molar-refractivity contribution is 5.77. The molecule has 0 fully saturated rings. The molecule has 0 bridgehead atoms. The third-order valence-electron chi connectivity index (χ3n) is 2.26. The van der Waals surface area contributed by atoms with Gasteiger partial charge < -0.3 is 0 Å². The molecule has 0 amide bonds. The maximum Gasteiger partial charge on any atom is 0.284 e. The summed E-state index contributed by atoms with van der Waals surface area (Å²) in [5.41, 5.74) is 3.02. The Bertz CT molecular complexity index is 615. The fourth-order valence-electron chi connectivity index (χ4n) is 1.58. The molecule has 1 aliphatic rings. The largest absolute Gasteiger partial charge is 0.289 e. The molecule has 0 spiro atoms. The summed E-state index contributed by atoms with van der Waals surface area (Å²) in [4.78, 5) is 19.7. The van der Waals surface area contributed by atoms with Crippen molar-refractivity contribution in [1.82, 2.24) is 14.5 Å². The summed E-state index contributed by atoms with van der Waals surface area (Å²) < 4.78 is 1.81. The van der Waals surface area contributed by atoms with Crippen molar-refractivity contribution in [3.05, 3.63) is 28.7 Å². The third-order valence-corrected chi connectivity index (χ3v) is 2.26. The fraction of sp³-hybridized carbons (Fsp3) is 0.111. The number of nitrogens with zero attached hydrogens (tertiary/aromatic N) is 4. The monoisotopic (exact) mass is 201 g/mol. The van der Waals surface area contributed by atoms with Crippen LogP contribution in [0.3, 0.4) is 0 Å². The van der Waals surface area contributed by atoms with Gasteiger partial charge in [-0.15, -0.1) is 0 Å². The van der Waals surface area contributed by atoms with Crippen LogP contribution in [-0.4, -0.2) is 20.7 Å². The summed E-state index contributed by atoms with van der Waals surface area (Å²) in [6.07, 6.45) is 3.36. The predicted molar refractivity (Wildman–Crippen MR) is 55.9 cm³/mol. The Morgan fingerprint density at radius 3 is 3.33 bits per heavy atom. The summed E-state index contributed by atoms with van der Waals surface area (Å²) in [6, 6.07) is 3.44. The minimum absolute atomic E-state index is 0.283. The van der Waals surface area contributed by atoms with Gasteiger partial charge in [0.1, 0.15) is 5.65 Å². The molecule has 74 valence electrons. The lowest BCUT2D eigenvalue weighted by atomic mass is 10.3. The SMILES string of the molecule is O=c1nc2n(c3ncccc13)CC=NN2. The normalized spacial score (nSPS) is 13.6. The molecule has 15 heavy (non-hydrogen) atoms. The minimum atomic E-state index is -0.283. The van der Waals surface area contributed by atoms with Gasteiger partial charge in [-0.05, 0) is 12.1 Å². The molecule has 6 heteroatoms. The van der Waals surface area contributed by atoms with E-state index in [1.165, 1.54) is 0 Å². The highest BCUT2D eigenvalue weighted by Gasteiger charge is 2.11. The number of pyridine rings is 1. The van der Waals surface area contributed by atoms with Gasteiger partial charge in [0.15, 0.2) is 0 Å². The second kappa shape index (κ2) is 2.88. The van der Waals surface area contributed by atoms with Gasteiger partial charge >= 0.3 is 0 Å². The summed E-state index contributed by atoms with van der Waals surface area (Å²) in [5.74, 6) is 0.439. The number of hydrogen-bond donors (Lipinski definition) is 1. The van der Waals surface area contributed by atoms with Gasteiger partial charge in [-0.3, -0.25) is 9.36 Å². The first-order valence-electron chi connectivity index (χ1n) is 4.49. The first-order chi connectivity index (χ1) is 7.36. The molecular formula is C9H7N5O. The molecule has 0 atom stereocenters. The molecule has 0 saturated heterocycles. The van der Waals surface area contributed by atoms with E-state index >= 15 is 0 Å². The zero-order valence-electron chi connectivity index (χ0n) is 7.71. The van der Waals surface area contributed by atoms with Crippen molar-refractivity contribution in [2.75, 3.05) is 5.43 Å². The number of anilines is 1. The zero-order chi connectivity index (χ0) is 10.3. The second-order valence-corrected chi connectivity index (χ2v) is 3.15. The summed E-state index contributed by atoms with van der Waals surface area (Å²) in [7, 11) is 0. The van der Waals surface area contributed by atoms with Crippen LogP contribution < -0.4 is 11.0 Å². The van der Waals surface area contributed by atoms with Crippen molar-refractivity contribution in [3.63, 3.8) is 0 Å². The van der Waals surface area contributed by atoms with Gasteiger partial charge in [0.05, 0.1) is 11.9 Å². The topological polar surface area (TPSA) is 72.2 Å². The van der Waals surface area contributed by atoms with Gasteiger partial charge in [0, 0.05) is 12.4 Å². The van der Waals surface area contributed by atoms with E-state index in [0.717, 1.165) is 0 Å². The third kappa shape index (κ3) is 1.11. The van der Waals surface area contributed by atoms with Gasteiger partial charge in [0.2, 0.25) is 5.95 Å². The standard InChI is InChI=1S/C9H7N5O/c15-8-6-2-1-3-10-7(6)14-5-4-11-13-9(14)12-8/h1-4H,5H2,(H,12,13,15). The molecule has 0 aromatic carbocycles. The smallest absolute Gasteiger partial charge is 0.284 e. The van der Waals surface area contributed by atoms with Gasteiger partial charge in [-0.1, -0.05) is 0 Å². The van der Waals surface area contributed by atoms with E-state index in [1.807, 2.05) is 4.57 Å². The molecule has 2 aromatic rings. The lowest BCUT2D eigenvalue weighted by Crippen LogP contribution is -2.21. The average Bonchev–Trinajstić information content (AvgIpc) is 2.30. The molecule has 0 radical (unpaired) electrons. The molecule has 0 aliphatic carbocycles. The van der Waals surface area contributed by atoms with Crippen LogP contribution in [0.25, 0.3) is 11.0 Å². The molecule has 2 aromatic heterocycles. The maximum atomic E-state index is 11.6. The van der Waals surface area contributed by atoms with E-state index in [0.29, 0.717) is 23.5 Å². The summed E-state index contributed by atoms with van der Waals surface area (Å²) >= 11 is 0. The minimum Gasteiger partial charge on any atom is -0.289 e. The average molecular weight is 201 g/mol. The Balaban J connectivity index is 2.47. The number of fused-ring (bicyclic) bond motifs is 3. The van der Waals surface area contributed by atoms with Crippen molar-refractivity contribution in [2.45, 2.75) is 6.54 Å². The quantitative estimate of drug-likeness (QED) is 0.661. The number of hydrazone groups is 1. The predicted octanol–water partition coefficient (Wildman–Crippen LogP) is 0.203. The van der Waals surface area contributed by atoms with Crippen molar-refractivity contribution >= 4 is 23.2 Å². The second-order valence-electron chi connectivity index (χ2n) is 3.15. The van der Waals surface area contributed by atoms with Crippen LogP contribution in [0, 0.1) is 0 Å². The van der Waals surface area contributed by atoms with Gasteiger partial charge in [-0.25, -0.2) is 10.4 Å². The van der Waals surface area contributed by atoms with E-state index < -0.39 is 0 Å². The summed E-state index contributed by atoms with van der Waals surface area (Å²) in [5, 5.41) is 4.37. The van der Waals surface area contributed by atoms with E-state index in [4.69, 9.17) is 0 Å². The Hall–Kier alpha value is -2.24. The van der Waals surface area contributed by atoms with Crippen LogP contribution in [0.1, 0.15) is 0 Å². The lowest BCUT2D eigenvalue weighted by molar-refractivity contribution is 0.823. The van der Waals surface area contributed by atoms with E-state index in [2.05, 4.69) is 20.5 Å². The van der Waals surface area contributed by atoms with Crippen LogP contribution in [0.5, 0.6) is 0 Å². The van der Waals surface area contributed by atoms with Crippen LogP contribution in [0.15, 0.2) is 28.2 Å². The first kappa shape index (κ1) is 8.10. The van der Waals surface area contributed by atoms with E-state index in [1.54, 1.807) is 24.5 Å².